The first kappa shape index (κ1) is 14.0. The summed E-state index contributed by atoms with van der Waals surface area (Å²) in [6.45, 7) is 4.84. The van der Waals surface area contributed by atoms with Crippen LogP contribution >= 0.6 is 0 Å². The fraction of sp³-hybridized carbons (Fsp3) is 0.600. The highest BCUT2D eigenvalue weighted by Crippen LogP contribution is 2.33. The summed E-state index contributed by atoms with van der Waals surface area (Å²) in [6, 6.07) is 4.01. The van der Waals surface area contributed by atoms with Gasteiger partial charge in [-0.1, -0.05) is 0 Å². The zero-order chi connectivity index (χ0) is 13.7. The van der Waals surface area contributed by atoms with Gasteiger partial charge in [0.25, 0.3) is 0 Å². The van der Waals surface area contributed by atoms with Crippen LogP contribution in [0, 0.1) is 12.8 Å². The molecule has 0 radical (unpaired) electrons. The molecule has 0 bridgehead atoms. The third-order valence-electron chi connectivity index (χ3n) is 3.65. The van der Waals surface area contributed by atoms with E-state index >= 15 is 0 Å². The Morgan fingerprint density at radius 1 is 1.16 bits per heavy atom. The van der Waals surface area contributed by atoms with Gasteiger partial charge in [-0.3, -0.25) is 0 Å². The molecule has 0 atom stereocenters. The molecule has 106 valence electrons. The summed E-state index contributed by atoms with van der Waals surface area (Å²) in [6.07, 6.45) is 2.28. The molecule has 0 unspecified atom stereocenters. The van der Waals surface area contributed by atoms with Gasteiger partial charge in [0.15, 0.2) is 11.5 Å². The minimum Gasteiger partial charge on any atom is -0.493 e. The summed E-state index contributed by atoms with van der Waals surface area (Å²) in [7, 11) is 3.32. The van der Waals surface area contributed by atoms with Crippen LogP contribution in [0.1, 0.15) is 18.4 Å². The van der Waals surface area contributed by atoms with Crippen molar-refractivity contribution >= 4 is 5.69 Å². The van der Waals surface area contributed by atoms with Crippen LogP contribution in [0.25, 0.3) is 0 Å². The Morgan fingerprint density at radius 2 is 1.79 bits per heavy atom. The van der Waals surface area contributed by atoms with Crippen LogP contribution in [-0.2, 0) is 4.74 Å². The standard InChI is InChI=1S/C15H23NO3/c1-11-8-14(17-2)15(18-3)9-13(11)16-10-12-4-6-19-7-5-12/h8-9,12,16H,4-7,10H2,1-3H3. The molecule has 0 spiro atoms. The van der Waals surface area contributed by atoms with E-state index < -0.39 is 0 Å². The molecule has 1 aromatic rings. The van der Waals surface area contributed by atoms with Gasteiger partial charge in [0.2, 0.25) is 0 Å². The van der Waals surface area contributed by atoms with E-state index in [1.807, 2.05) is 12.1 Å². The van der Waals surface area contributed by atoms with Gasteiger partial charge in [0.1, 0.15) is 0 Å². The van der Waals surface area contributed by atoms with Crippen molar-refractivity contribution in [3.8, 4) is 11.5 Å². The van der Waals surface area contributed by atoms with Gasteiger partial charge >= 0.3 is 0 Å². The second-order valence-corrected chi connectivity index (χ2v) is 4.96. The van der Waals surface area contributed by atoms with E-state index in [1.54, 1.807) is 14.2 Å². The molecule has 4 heteroatoms. The van der Waals surface area contributed by atoms with E-state index in [2.05, 4.69) is 12.2 Å². The number of hydrogen-bond donors (Lipinski definition) is 1. The average molecular weight is 265 g/mol. The average Bonchev–Trinajstić information content (AvgIpc) is 2.46. The van der Waals surface area contributed by atoms with Gasteiger partial charge in [-0.2, -0.15) is 0 Å². The Hall–Kier alpha value is -1.42. The minimum atomic E-state index is 0.696. The van der Waals surface area contributed by atoms with Crippen molar-refractivity contribution in [2.24, 2.45) is 5.92 Å². The number of methoxy groups -OCH3 is 2. The van der Waals surface area contributed by atoms with Gasteiger partial charge < -0.3 is 19.5 Å². The Labute approximate surface area is 115 Å². The highest BCUT2D eigenvalue weighted by atomic mass is 16.5. The van der Waals surface area contributed by atoms with Crippen molar-refractivity contribution in [3.63, 3.8) is 0 Å². The maximum absolute atomic E-state index is 5.38. The molecule has 1 aromatic carbocycles. The molecule has 2 rings (SSSR count). The molecule has 0 aromatic heterocycles. The summed E-state index contributed by atoms with van der Waals surface area (Å²) >= 11 is 0. The zero-order valence-corrected chi connectivity index (χ0v) is 12.0. The Kier molecular flexibility index (Phi) is 4.91. The summed E-state index contributed by atoms with van der Waals surface area (Å²) in [5.74, 6) is 2.24. The number of hydrogen-bond acceptors (Lipinski definition) is 4. The third-order valence-corrected chi connectivity index (χ3v) is 3.65. The van der Waals surface area contributed by atoms with Crippen LogP contribution in [0.3, 0.4) is 0 Å². The normalized spacial score (nSPS) is 16.2. The molecular formula is C15H23NO3. The number of aryl methyl sites for hydroxylation is 1. The first-order valence-electron chi connectivity index (χ1n) is 6.79. The lowest BCUT2D eigenvalue weighted by molar-refractivity contribution is 0.0699. The quantitative estimate of drug-likeness (QED) is 0.888. The second kappa shape index (κ2) is 6.66. The summed E-state index contributed by atoms with van der Waals surface area (Å²) in [5, 5.41) is 3.52. The van der Waals surface area contributed by atoms with E-state index in [-0.39, 0.29) is 0 Å². The lowest BCUT2D eigenvalue weighted by Gasteiger charge is -2.23. The molecule has 1 aliphatic rings. The van der Waals surface area contributed by atoms with E-state index in [0.717, 1.165) is 49.8 Å². The Bertz CT molecular complexity index is 414. The molecule has 1 fully saturated rings. The van der Waals surface area contributed by atoms with Crippen molar-refractivity contribution in [2.75, 3.05) is 39.3 Å². The van der Waals surface area contributed by atoms with Crippen molar-refractivity contribution in [1.82, 2.24) is 0 Å². The van der Waals surface area contributed by atoms with E-state index in [9.17, 15) is 0 Å². The predicted octanol–water partition coefficient (Wildman–Crippen LogP) is 2.85. The molecule has 19 heavy (non-hydrogen) atoms. The summed E-state index contributed by atoms with van der Waals surface area (Å²) in [4.78, 5) is 0. The van der Waals surface area contributed by atoms with Gasteiger partial charge in [-0.05, 0) is 37.3 Å². The number of anilines is 1. The van der Waals surface area contributed by atoms with E-state index in [0.29, 0.717) is 5.92 Å². The fourth-order valence-corrected chi connectivity index (χ4v) is 2.38. The minimum absolute atomic E-state index is 0.696. The van der Waals surface area contributed by atoms with Crippen molar-refractivity contribution < 1.29 is 14.2 Å². The highest BCUT2D eigenvalue weighted by molar-refractivity contribution is 5.60. The molecule has 4 nitrogen and oxygen atoms in total. The van der Waals surface area contributed by atoms with Crippen LogP contribution in [0.5, 0.6) is 11.5 Å². The number of ether oxygens (including phenoxy) is 3. The molecule has 0 saturated carbocycles. The van der Waals surface area contributed by atoms with Crippen molar-refractivity contribution in [2.45, 2.75) is 19.8 Å². The Morgan fingerprint density at radius 3 is 2.42 bits per heavy atom. The maximum Gasteiger partial charge on any atom is 0.162 e. The van der Waals surface area contributed by atoms with Gasteiger partial charge in [-0.25, -0.2) is 0 Å². The Balaban J connectivity index is 2.02. The van der Waals surface area contributed by atoms with Crippen LogP contribution in [0.2, 0.25) is 0 Å². The number of nitrogens with one attached hydrogen (secondary N) is 1. The van der Waals surface area contributed by atoms with Crippen LogP contribution in [-0.4, -0.2) is 34.0 Å². The predicted molar refractivity (Wildman–Crippen MR) is 76.3 cm³/mol. The molecule has 1 saturated heterocycles. The lowest BCUT2D eigenvalue weighted by Crippen LogP contribution is -2.22. The van der Waals surface area contributed by atoms with Gasteiger partial charge in [0.05, 0.1) is 14.2 Å². The number of rotatable bonds is 5. The smallest absolute Gasteiger partial charge is 0.162 e. The van der Waals surface area contributed by atoms with Crippen LogP contribution in [0.4, 0.5) is 5.69 Å². The molecule has 0 aliphatic carbocycles. The molecular weight excluding hydrogens is 242 g/mol. The second-order valence-electron chi connectivity index (χ2n) is 4.96. The summed E-state index contributed by atoms with van der Waals surface area (Å²) in [5.41, 5.74) is 2.29. The van der Waals surface area contributed by atoms with Crippen LogP contribution in [0.15, 0.2) is 12.1 Å². The van der Waals surface area contributed by atoms with Gasteiger partial charge in [-0.15, -0.1) is 0 Å². The first-order valence-corrected chi connectivity index (χ1v) is 6.79. The molecule has 1 aliphatic heterocycles. The fourth-order valence-electron chi connectivity index (χ4n) is 2.38. The third kappa shape index (κ3) is 3.53. The first-order chi connectivity index (χ1) is 9.24. The van der Waals surface area contributed by atoms with Crippen molar-refractivity contribution in [3.05, 3.63) is 17.7 Å². The summed E-state index contributed by atoms with van der Waals surface area (Å²) < 4.78 is 16.0. The lowest BCUT2D eigenvalue weighted by atomic mass is 10.00. The SMILES string of the molecule is COc1cc(C)c(NCC2CCOCC2)cc1OC. The molecule has 1 N–H and O–H groups in total. The largest absolute Gasteiger partial charge is 0.493 e. The van der Waals surface area contributed by atoms with E-state index in [1.165, 1.54) is 5.56 Å². The molecule has 1 heterocycles. The topological polar surface area (TPSA) is 39.7 Å². The molecule has 0 amide bonds. The zero-order valence-electron chi connectivity index (χ0n) is 12.0. The maximum atomic E-state index is 5.38. The van der Waals surface area contributed by atoms with Crippen LogP contribution < -0.4 is 14.8 Å². The number of benzene rings is 1. The van der Waals surface area contributed by atoms with Gasteiger partial charge in [0, 0.05) is 31.5 Å². The van der Waals surface area contributed by atoms with E-state index in [4.69, 9.17) is 14.2 Å². The van der Waals surface area contributed by atoms with Crippen molar-refractivity contribution in [1.29, 1.82) is 0 Å². The highest BCUT2D eigenvalue weighted by Gasteiger charge is 2.14. The monoisotopic (exact) mass is 265 g/mol.